The summed E-state index contributed by atoms with van der Waals surface area (Å²) in [5, 5.41) is 21.2. The van der Waals surface area contributed by atoms with Gasteiger partial charge >= 0.3 is 5.97 Å². The van der Waals surface area contributed by atoms with Gasteiger partial charge in [0.2, 0.25) is 0 Å². The third kappa shape index (κ3) is 3.36. The van der Waals surface area contributed by atoms with Crippen molar-refractivity contribution in [1.29, 1.82) is 0 Å². The molecule has 0 bridgehead atoms. The van der Waals surface area contributed by atoms with Crippen LogP contribution in [0, 0.1) is 0 Å². The number of fused-ring (bicyclic) bond motifs is 1. The Morgan fingerprint density at radius 2 is 1.78 bits per heavy atom. The number of hydrogen-bond donors (Lipinski definition) is 2. The summed E-state index contributed by atoms with van der Waals surface area (Å²) in [6.07, 6.45) is 0. The zero-order chi connectivity index (χ0) is 23.0. The van der Waals surface area contributed by atoms with Crippen LogP contribution in [-0.2, 0) is 16.9 Å². The van der Waals surface area contributed by atoms with E-state index in [0.29, 0.717) is 28.3 Å². The third-order valence-electron chi connectivity index (χ3n) is 5.57. The molecule has 3 aromatic rings. The molecule has 1 amide bonds. The van der Waals surface area contributed by atoms with Crippen LogP contribution in [0.2, 0.25) is 5.02 Å². The van der Waals surface area contributed by atoms with Gasteiger partial charge in [-0.15, -0.1) is 0 Å². The summed E-state index contributed by atoms with van der Waals surface area (Å²) in [7, 11) is 3.06. The highest BCUT2D eigenvalue weighted by Crippen LogP contribution is 2.47. The smallest absolute Gasteiger partial charge is 0.335 e. The van der Waals surface area contributed by atoms with Crippen molar-refractivity contribution in [3.63, 3.8) is 0 Å². The van der Waals surface area contributed by atoms with Crippen LogP contribution >= 0.6 is 11.6 Å². The molecule has 2 N–H and O–H groups in total. The first-order chi connectivity index (χ1) is 15.3. The van der Waals surface area contributed by atoms with Gasteiger partial charge in [-0.05, 0) is 36.4 Å². The maximum Gasteiger partial charge on any atom is 0.335 e. The predicted molar refractivity (Wildman–Crippen MR) is 119 cm³/mol. The first-order valence-electron chi connectivity index (χ1n) is 9.69. The Morgan fingerprint density at radius 3 is 2.47 bits per heavy atom. The SMILES string of the molecule is COc1ccc(CN2C(=O)C(O)(c3cc(C(=O)O)ccc3Cl)c3ccccc32)c(OC)c1. The van der Waals surface area contributed by atoms with Crippen molar-refractivity contribution in [2.75, 3.05) is 19.1 Å². The van der Waals surface area contributed by atoms with Crippen molar-refractivity contribution in [3.8, 4) is 11.5 Å². The Bertz CT molecular complexity index is 1230. The molecule has 8 heteroatoms. The second kappa shape index (κ2) is 8.18. The van der Waals surface area contributed by atoms with Crippen LogP contribution in [0.1, 0.15) is 27.0 Å². The maximum atomic E-state index is 13.6. The van der Waals surface area contributed by atoms with Crippen LogP contribution in [0.15, 0.2) is 60.7 Å². The van der Waals surface area contributed by atoms with Gasteiger partial charge in [-0.2, -0.15) is 0 Å². The fraction of sp³-hybridized carbons (Fsp3) is 0.167. The Kier molecular flexibility index (Phi) is 5.54. The number of carbonyl (C=O) groups excluding carboxylic acids is 1. The van der Waals surface area contributed by atoms with E-state index in [0.717, 1.165) is 0 Å². The average molecular weight is 454 g/mol. The van der Waals surface area contributed by atoms with Gasteiger partial charge in [0.1, 0.15) is 11.5 Å². The van der Waals surface area contributed by atoms with Crippen LogP contribution in [0.4, 0.5) is 5.69 Å². The minimum Gasteiger partial charge on any atom is -0.497 e. The van der Waals surface area contributed by atoms with Crippen LogP contribution in [0.5, 0.6) is 11.5 Å². The van der Waals surface area contributed by atoms with Gasteiger partial charge in [-0.3, -0.25) is 4.79 Å². The molecule has 0 saturated heterocycles. The number of amides is 1. The number of nitrogens with zero attached hydrogens (tertiary/aromatic N) is 1. The zero-order valence-electron chi connectivity index (χ0n) is 17.3. The molecule has 7 nitrogen and oxygen atoms in total. The highest BCUT2D eigenvalue weighted by atomic mass is 35.5. The van der Waals surface area contributed by atoms with E-state index < -0.39 is 17.5 Å². The highest BCUT2D eigenvalue weighted by Gasteiger charge is 2.52. The minimum absolute atomic E-state index is 0.0145. The number of para-hydroxylation sites is 1. The number of halogens is 1. The molecule has 3 aromatic carbocycles. The van der Waals surface area contributed by atoms with E-state index in [9.17, 15) is 19.8 Å². The molecule has 1 aliphatic heterocycles. The molecule has 0 spiro atoms. The molecule has 1 unspecified atom stereocenters. The molecule has 4 rings (SSSR count). The molecule has 32 heavy (non-hydrogen) atoms. The molecule has 0 aromatic heterocycles. The van der Waals surface area contributed by atoms with Crippen molar-refractivity contribution in [1.82, 2.24) is 0 Å². The maximum absolute atomic E-state index is 13.6. The third-order valence-corrected chi connectivity index (χ3v) is 5.89. The lowest BCUT2D eigenvalue weighted by Crippen LogP contribution is -2.41. The lowest BCUT2D eigenvalue weighted by Gasteiger charge is -2.25. The quantitative estimate of drug-likeness (QED) is 0.588. The van der Waals surface area contributed by atoms with Gasteiger partial charge in [-0.25, -0.2) is 4.79 Å². The number of benzene rings is 3. The molecule has 0 fully saturated rings. The first-order valence-corrected chi connectivity index (χ1v) is 10.1. The summed E-state index contributed by atoms with van der Waals surface area (Å²) >= 11 is 6.33. The number of anilines is 1. The highest BCUT2D eigenvalue weighted by molar-refractivity contribution is 6.32. The van der Waals surface area contributed by atoms with Gasteiger partial charge in [0.05, 0.1) is 32.0 Å². The topological polar surface area (TPSA) is 96.3 Å². The summed E-state index contributed by atoms with van der Waals surface area (Å²) in [5.41, 5.74) is -0.694. The molecular formula is C24H20ClNO6. The fourth-order valence-corrected chi connectivity index (χ4v) is 4.19. The zero-order valence-corrected chi connectivity index (χ0v) is 18.1. The van der Waals surface area contributed by atoms with E-state index >= 15 is 0 Å². The van der Waals surface area contributed by atoms with Crippen molar-refractivity contribution in [2.45, 2.75) is 12.1 Å². The van der Waals surface area contributed by atoms with E-state index in [1.165, 1.54) is 30.2 Å². The number of aliphatic hydroxyl groups is 1. The predicted octanol–water partition coefficient (Wildman–Crippen LogP) is 3.84. The van der Waals surface area contributed by atoms with Gasteiger partial charge in [0, 0.05) is 27.8 Å². The lowest BCUT2D eigenvalue weighted by molar-refractivity contribution is -0.132. The number of rotatable bonds is 6. The number of methoxy groups -OCH3 is 2. The summed E-state index contributed by atoms with van der Waals surface area (Å²) in [5.74, 6) is -0.699. The Balaban J connectivity index is 1.84. The summed E-state index contributed by atoms with van der Waals surface area (Å²) in [4.78, 5) is 26.6. The number of hydrogen-bond acceptors (Lipinski definition) is 5. The molecule has 1 heterocycles. The molecule has 1 atom stereocenters. The van der Waals surface area contributed by atoms with Crippen LogP contribution in [0.25, 0.3) is 0 Å². The summed E-state index contributed by atoms with van der Waals surface area (Å²) in [6.45, 7) is 0.113. The second-order valence-corrected chi connectivity index (χ2v) is 7.70. The summed E-state index contributed by atoms with van der Waals surface area (Å²) in [6, 6.07) is 16.0. The van der Waals surface area contributed by atoms with Gasteiger partial charge in [0.25, 0.3) is 5.91 Å². The van der Waals surface area contributed by atoms with E-state index in [1.807, 2.05) is 0 Å². The number of carboxylic acids is 1. The molecule has 164 valence electrons. The van der Waals surface area contributed by atoms with Gasteiger partial charge < -0.3 is 24.6 Å². The number of ether oxygens (including phenoxy) is 2. The Hall–Kier alpha value is -3.55. The molecule has 0 saturated carbocycles. The molecule has 0 aliphatic carbocycles. The van der Waals surface area contributed by atoms with E-state index in [-0.39, 0.29) is 22.7 Å². The Morgan fingerprint density at radius 1 is 1.03 bits per heavy atom. The monoisotopic (exact) mass is 453 g/mol. The van der Waals surface area contributed by atoms with Crippen LogP contribution < -0.4 is 14.4 Å². The van der Waals surface area contributed by atoms with Crippen LogP contribution in [-0.4, -0.2) is 36.3 Å². The second-order valence-electron chi connectivity index (χ2n) is 7.30. The van der Waals surface area contributed by atoms with Crippen molar-refractivity contribution >= 4 is 29.2 Å². The Labute approximate surface area is 189 Å². The number of carboxylic acid groups (broad SMARTS) is 1. The van der Waals surface area contributed by atoms with Crippen LogP contribution in [0.3, 0.4) is 0 Å². The molecule has 1 aliphatic rings. The van der Waals surface area contributed by atoms with E-state index in [4.69, 9.17) is 21.1 Å². The fourth-order valence-electron chi connectivity index (χ4n) is 3.94. The van der Waals surface area contributed by atoms with E-state index in [1.54, 1.807) is 49.6 Å². The van der Waals surface area contributed by atoms with Crippen molar-refractivity contribution in [2.24, 2.45) is 0 Å². The van der Waals surface area contributed by atoms with Crippen molar-refractivity contribution < 1.29 is 29.3 Å². The van der Waals surface area contributed by atoms with Gasteiger partial charge in [-0.1, -0.05) is 29.8 Å². The normalized spacial score (nSPS) is 17.2. The number of carbonyl (C=O) groups is 2. The van der Waals surface area contributed by atoms with Crippen molar-refractivity contribution in [3.05, 3.63) is 87.9 Å². The first kappa shape index (κ1) is 21.7. The standard InChI is InChI=1S/C24H20ClNO6/c1-31-16-9-7-15(21(12-16)32-2)13-26-20-6-4-3-5-17(20)24(30,23(26)29)18-11-14(22(27)28)8-10-19(18)25/h3-12,30H,13H2,1-2H3,(H,27,28). The minimum atomic E-state index is -2.14. The molecule has 0 radical (unpaired) electrons. The number of aromatic carboxylic acids is 1. The van der Waals surface area contributed by atoms with E-state index in [2.05, 4.69) is 0 Å². The molecular weight excluding hydrogens is 434 g/mol. The largest absolute Gasteiger partial charge is 0.497 e. The lowest BCUT2D eigenvalue weighted by atomic mass is 9.86. The summed E-state index contributed by atoms with van der Waals surface area (Å²) < 4.78 is 10.7. The average Bonchev–Trinajstić information content (AvgIpc) is 3.02. The van der Waals surface area contributed by atoms with Gasteiger partial charge in [0.15, 0.2) is 5.60 Å².